The second-order valence-electron chi connectivity index (χ2n) is 6.39. The van der Waals surface area contributed by atoms with E-state index in [1.807, 2.05) is 6.07 Å². The van der Waals surface area contributed by atoms with Crippen molar-refractivity contribution in [2.24, 2.45) is 4.99 Å². The van der Waals surface area contributed by atoms with Crippen molar-refractivity contribution in [1.29, 1.82) is 0 Å². The van der Waals surface area contributed by atoms with Gasteiger partial charge in [-0.05, 0) is 19.4 Å². The first-order valence-electron chi connectivity index (χ1n) is 9.48. The molecule has 7 nitrogen and oxygen atoms in total. The number of anilines is 1. The number of aromatic nitrogens is 2. The minimum atomic E-state index is 0.834. The summed E-state index contributed by atoms with van der Waals surface area (Å²) in [5.41, 5.74) is 0. The number of nitrogens with one attached hydrogen (secondary N) is 1. The minimum Gasteiger partial charge on any atom is -0.357 e. The van der Waals surface area contributed by atoms with Gasteiger partial charge in [0.15, 0.2) is 5.96 Å². The lowest BCUT2D eigenvalue weighted by molar-refractivity contribution is 0.263. The average Bonchev–Trinajstić information content (AvgIpc) is 2.66. The quantitative estimate of drug-likeness (QED) is 0.565. The Morgan fingerprint density at radius 1 is 1.20 bits per heavy atom. The molecule has 0 aliphatic carbocycles. The first-order valence-corrected chi connectivity index (χ1v) is 9.48. The van der Waals surface area contributed by atoms with Crippen LogP contribution in [-0.2, 0) is 0 Å². The third-order valence-electron chi connectivity index (χ3n) is 4.43. The van der Waals surface area contributed by atoms with E-state index in [0.29, 0.717) is 0 Å². The number of unbranched alkanes of at least 4 members (excludes halogenated alkanes) is 1. The molecule has 2 heterocycles. The first kappa shape index (κ1) is 19.4. The highest BCUT2D eigenvalue weighted by Gasteiger charge is 2.18. The monoisotopic (exact) mass is 347 g/mol. The van der Waals surface area contributed by atoms with E-state index in [4.69, 9.17) is 4.99 Å². The van der Waals surface area contributed by atoms with E-state index in [1.54, 1.807) is 12.4 Å². The van der Waals surface area contributed by atoms with E-state index < -0.39 is 0 Å². The lowest BCUT2D eigenvalue weighted by atomic mass is 10.3. The summed E-state index contributed by atoms with van der Waals surface area (Å²) in [6.07, 6.45) is 6.02. The maximum absolute atomic E-state index is 4.79. The van der Waals surface area contributed by atoms with Crippen LogP contribution >= 0.6 is 0 Å². The van der Waals surface area contributed by atoms with Gasteiger partial charge >= 0.3 is 0 Å². The predicted molar refractivity (Wildman–Crippen MR) is 104 cm³/mol. The molecule has 1 aromatic rings. The summed E-state index contributed by atoms with van der Waals surface area (Å²) in [6, 6.07) is 1.86. The molecule has 0 amide bonds. The van der Waals surface area contributed by atoms with E-state index in [1.165, 1.54) is 12.8 Å². The van der Waals surface area contributed by atoms with Gasteiger partial charge in [-0.3, -0.25) is 9.89 Å². The van der Waals surface area contributed by atoms with Gasteiger partial charge < -0.3 is 15.1 Å². The summed E-state index contributed by atoms with van der Waals surface area (Å²) < 4.78 is 0. The molecule has 0 spiro atoms. The fourth-order valence-electron chi connectivity index (χ4n) is 2.89. The first-order chi connectivity index (χ1) is 12.2. The topological polar surface area (TPSA) is 59.9 Å². The fraction of sp³-hybridized carbons (Fsp3) is 0.722. The van der Waals surface area contributed by atoms with Gasteiger partial charge in [0.1, 0.15) is 0 Å². The molecular weight excluding hydrogens is 314 g/mol. The van der Waals surface area contributed by atoms with Crippen LogP contribution in [0.1, 0.15) is 26.7 Å². The molecule has 7 heteroatoms. The minimum absolute atomic E-state index is 0.834. The van der Waals surface area contributed by atoms with Gasteiger partial charge in [-0.1, -0.05) is 13.3 Å². The summed E-state index contributed by atoms with van der Waals surface area (Å²) in [5.74, 6) is 1.86. The van der Waals surface area contributed by atoms with E-state index in [-0.39, 0.29) is 0 Å². The lowest BCUT2D eigenvalue weighted by Gasteiger charge is -2.34. The molecule has 1 aromatic heterocycles. The Morgan fingerprint density at radius 3 is 2.56 bits per heavy atom. The number of rotatable bonds is 8. The highest BCUT2D eigenvalue weighted by atomic mass is 15.3. The van der Waals surface area contributed by atoms with Crippen molar-refractivity contribution >= 4 is 11.9 Å². The lowest BCUT2D eigenvalue weighted by Crippen LogP contribution is -2.48. The Morgan fingerprint density at radius 2 is 1.92 bits per heavy atom. The van der Waals surface area contributed by atoms with E-state index in [0.717, 1.165) is 64.3 Å². The van der Waals surface area contributed by atoms with Crippen LogP contribution in [0.2, 0.25) is 0 Å². The largest absolute Gasteiger partial charge is 0.357 e. The zero-order valence-corrected chi connectivity index (χ0v) is 16.0. The molecule has 1 fully saturated rings. The number of aliphatic imine (C=N–C) groups is 1. The Kier molecular flexibility index (Phi) is 8.45. The molecule has 1 aliphatic heterocycles. The fourth-order valence-corrected chi connectivity index (χ4v) is 2.89. The van der Waals surface area contributed by atoms with Crippen LogP contribution in [0.3, 0.4) is 0 Å². The van der Waals surface area contributed by atoms with Gasteiger partial charge in [-0.25, -0.2) is 9.97 Å². The van der Waals surface area contributed by atoms with Crippen LogP contribution in [0.15, 0.2) is 23.5 Å². The van der Waals surface area contributed by atoms with Crippen LogP contribution in [0.4, 0.5) is 5.95 Å². The van der Waals surface area contributed by atoms with Gasteiger partial charge in [0, 0.05) is 65.3 Å². The van der Waals surface area contributed by atoms with E-state index in [9.17, 15) is 0 Å². The Labute approximate surface area is 152 Å². The summed E-state index contributed by atoms with van der Waals surface area (Å²) >= 11 is 0. The smallest absolute Gasteiger partial charge is 0.225 e. The molecule has 0 bridgehead atoms. The number of guanidine groups is 1. The van der Waals surface area contributed by atoms with Crippen molar-refractivity contribution in [2.75, 3.05) is 64.3 Å². The molecule has 0 unspecified atom stereocenters. The highest BCUT2D eigenvalue weighted by molar-refractivity contribution is 5.79. The third kappa shape index (κ3) is 6.49. The van der Waals surface area contributed by atoms with Crippen molar-refractivity contribution < 1.29 is 0 Å². The highest BCUT2D eigenvalue weighted by Crippen LogP contribution is 2.09. The zero-order chi connectivity index (χ0) is 17.9. The van der Waals surface area contributed by atoms with Gasteiger partial charge in [-0.15, -0.1) is 0 Å². The molecule has 1 saturated heterocycles. The van der Waals surface area contributed by atoms with Gasteiger partial charge in [-0.2, -0.15) is 0 Å². The van der Waals surface area contributed by atoms with Gasteiger partial charge in [0.25, 0.3) is 0 Å². The Hall–Kier alpha value is -1.89. The van der Waals surface area contributed by atoms with Crippen LogP contribution in [-0.4, -0.2) is 85.1 Å². The number of piperazine rings is 1. The molecule has 0 atom stereocenters. The summed E-state index contributed by atoms with van der Waals surface area (Å²) in [6.45, 7) is 12.2. The van der Waals surface area contributed by atoms with Crippen molar-refractivity contribution in [3.05, 3.63) is 18.5 Å². The molecule has 0 aromatic carbocycles. The number of hydrogen-bond acceptors (Lipinski definition) is 5. The number of hydrogen-bond donors (Lipinski definition) is 1. The van der Waals surface area contributed by atoms with Crippen molar-refractivity contribution in [1.82, 2.24) is 25.1 Å². The molecule has 140 valence electrons. The van der Waals surface area contributed by atoms with Crippen molar-refractivity contribution in [2.45, 2.75) is 26.7 Å². The Bertz CT molecular complexity index is 497. The van der Waals surface area contributed by atoms with Crippen LogP contribution in [0, 0.1) is 0 Å². The van der Waals surface area contributed by atoms with Crippen molar-refractivity contribution in [3.63, 3.8) is 0 Å². The molecule has 25 heavy (non-hydrogen) atoms. The van der Waals surface area contributed by atoms with Crippen molar-refractivity contribution in [3.8, 4) is 0 Å². The standard InChI is InChI=1S/C18H33N7/c1-4-6-11-23(3)17(19-5-2)22-10-12-24-13-15-25(16-14-24)18-20-8-7-9-21-18/h7-9H,4-6,10-16H2,1-3H3,(H,19,22). The van der Waals surface area contributed by atoms with Crippen LogP contribution in [0.5, 0.6) is 0 Å². The molecule has 1 N–H and O–H groups in total. The molecule has 0 radical (unpaired) electrons. The van der Waals surface area contributed by atoms with Gasteiger partial charge in [0.05, 0.1) is 6.54 Å². The van der Waals surface area contributed by atoms with E-state index >= 15 is 0 Å². The Balaban J connectivity index is 1.75. The molecule has 1 aliphatic rings. The maximum Gasteiger partial charge on any atom is 0.225 e. The van der Waals surface area contributed by atoms with Gasteiger partial charge in [0.2, 0.25) is 5.95 Å². The normalized spacial score (nSPS) is 16.1. The third-order valence-corrected chi connectivity index (χ3v) is 4.43. The zero-order valence-electron chi connectivity index (χ0n) is 16.0. The molecule has 2 rings (SSSR count). The predicted octanol–water partition coefficient (Wildman–Crippen LogP) is 1.30. The number of nitrogens with zero attached hydrogens (tertiary/aromatic N) is 6. The second kappa shape index (κ2) is 10.9. The second-order valence-corrected chi connectivity index (χ2v) is 6.39. The summed E-state index contributed by atoms with van der Waals surface area (Å²) in [7, 11) is 2.12. The molecule has 0 saturated carbocycles. The average molecular weight is 348 g/mol. The van der Waals surface area contributed by atoms with Crippen LogP contribution < -0.4 is 10.2 Å². The maximum atomic E-state index is 4.79. The van der Waals surface area contributed by atoms with Crippen LogP contribution in [0.25, 0.3) is 0 Å². The SMILES string of the molecule is CCCCN(C)C(=NCCN1CCN(c2ncccn2)CC1)NCC. The van der Waals surface area contributed by atoms with E-state index in [2.05, 4.69) is 50.9 Å². The summed E-state index contributed by atoms with van der Waals surface area (Å²) in [4.78, 5) is 20.4. The molecular formula is C18H33N7. The summed E-state index contributed by atoms with van der Waals surface area (Å²) in [5, 5.41) is 3.39.